The SMILES string of the molecule is [C-]#[N+]c1[nH]nc2ccc(/C(=C(/c3ccc(F)cc3Cl)C3CCC3)c3ccc(/C=C/C(=O)O)cc3)cc12. The molecule has 0 spiro atoms. The Hall–Kier alpha value is -4.21. The van der Waals surface area contributed by atoms with Gasteiger partial charge in [0, 0.05) is 11.5 Å². The average molecular weight is 498 g/mol. The van der Waals surface area contributed by atoms with E-state index in [0.717, 1.165) is 64.1 Å². The predicted molar refractivity (Wildman–Crippen MR) is 140 cm³/mol. The molecule has 2 N–H and O–H groups in total. The minimum Gasteiger partial charge on any atom is -0.478 e. The van der Waals surface area contributed by atoms with Crippen molar-refractivity contribution in [3.63, 3.8) is 0 Å². The molecular weight excluding hydrogens is 477 g/mol. The normalized spacial score (nSPS) is 14.5. The minimum absolute atomic E-state index is 0.245. The summed E-state index contributed by atoms with van der Waals surface area (Å²) in [7, 11) is 0. The Morgan fingerprint density at radius 2 is 1.86 bits per heavy atom. The van der Waals surface area contributed by atoms with Crippen molar-refractivity contribution in [3.05, 3.63) is 111 Å². The smallest absolute Gasteiger partial charge is 0.328 e. The Bertz CT molecular complexity index is 1570. The lowest BCUT2D eigenvalue weighted by Crippen LogP contribution is -2.15. The van der Waals surface area contributed by atoms with Crippen molar-refractivity contribution in [2.75, 3.05) is 0 Å². The number of allylic oxidation sites excluding steroid dienone is 1. The number of nitrogens with zero attached hydrogens (tertiary/aromatic N) is 2. The fourth-order valence-corrected chi connectivity index (χ4v) is 4.88. The lowest BCUT2D eigenvalue weighted by atomic mass is 9.73. The van der Waals surface area contributed by atoms with Crippen LogP contribution in [0.25, 0.3) is 33.0 Å². The summed E-state index contributed by atoms with van der Waals surface area (Å²) < 4.78 is 14.0. The van der Waals surface area contributed by atoms with Crippen LogP contribution in [0.4, 0.5) is 10.2 Å². The van der Waals surface area contributed by atoms with Gasteiger partial charge in [0.2, 0.25) is 0 Å². The van der Waals surface area contributed by atoms with Gasteiger partial charge in [0.15, 0.2) is 0 Å². The molecule has 36 heavy (non-hydrogen) atoms. The molecule has 0 atom stereocenters. The lowest BCUT2D eigenvalue weighted by molar-refractivity contribution is -0.131. The maximum absolute atomic E-state index is 14.0. The lowest BCUT2D eigenvalue weighted by Gasteiger charge is -2.32. The molecule has 1 saturated carbocycles. The number of H-pyrrole nitrogens is 1. The van der Waals surface area contributed by atoms with E-state index in [9.17, 15) is 9.18 Å². The summed E-state index contributed by atoms with van der Waals surface area (Å²) in [5, 5.41) is 17.0. The van der Waals surface area contributed by atoms with Gasteiger partial charge < -0.3 is 9.95 Å². The number of halogens is 2. The van der Waals surface area contributed by atoms with E-state index in [0.29, 0.717) is 16.4 Å². The van der Waals surface area contributed by atoms with E-state index >= 15 is 0 Å². The number of hydrogen-bond donors (Lipinski definition) is 2. The maximum atomic E-state index is 14.0. The number of nitrogens with one attached hydrogen (secondary N) is 1. The summed E-state index contributed by atoms with van der Waals surface area (Å²) in [6.07, 6.45) is 5.73. The first-order chi connectivity index (χ1) is 17.4. The Morgan fingerprint density at radius 1 is 1.11 bits per heavy atom. The van der Waals surface area contributed by atoms with Crippen molar-refractivity contribution in [1.29, 1.82) is 0 Å². The van der Waals surface area contributed by atoms with Crippen LogP contribution >= 0.6 is 11.6 Å². The molecule has 0 saturated heterocycles. The minimum atomic E-state index is -1.01. The zero-order chi connectivity index (χ0) is 25.2. The zero-order valence-corrected chi connectivity index (χ0v) is 19.9. The Labute approximate surface area is 212 Å². The standard InChI is InChI=1S/C29H21ClFN3O2/c1-32-29-23-15-20(10-13-25(23)33-34-29)27(19-8-5-17(6-9-19)7-14-26(35)36)28(18-3-2-4-18)22-12-11-21(31)16-24(22)30/h5-16,18H,2-4H2,(H,33,34)(H,35,36)/b14-7+,28-27+. The number of carboxylic acids is 1. The van der Waals surface area contributed by atoms with Gasteiger partial charge in [0.05, 0.1) is 5.02 Å². The molecule has 178 valence electrons. The van der Waals surface area contributed by atoms with Crippen LogP contribution in [0, 0.1) is 18.3 Å². The highest BCUT2D eigenvalue weighted by Crippen LogP contribution is 2.47. The molecule has 1 fully saturated rings. The number of carbonyl (C=O) groups is 1. The van der Waals surface area contributed by atoms with Crippen LogP contribution in [0.2, 0.25) is 5.02 Å². The fourth-order valence-electron chi connectivity index (χ4n) is 4.61. The molecular formula is C29H21ClFN3O2. The Morgan fingerprint density at radius 3 is 2.50 bits per heavy atom. The molecule has 4 aromatic rings. The molecule has 1 heterocycles. The van der Waals surface area contributed by atoms with Gasteiger partial charge >= 0.3 is 5.97 Å². The van der Waals surface area contributed by atoms with Crippen LogP contribution in [0.5, 0.6) is 0 Å². The molecule has 5 rings (SSSR count). The molecule has 1 aliphatic carbocycles. The van der Waals surface area contributed by atoms with Gasteiger partial charge in [-0.15, -0.1) is 5.10 Å². The number of aromatic amines is 1. The monoisotopic (exact) mass is 497 g/mol. The van der Waals surface area contributed by atoms with E-state index in [4.69, 9.17) is 23.3 Å². The second-order valence-corrected chi connectivity index (χ2v) is 9.16. The number of aromatic nitrogens is 2. The molecule has 0 aliphatic heterocycles. The first kappa shape index (κ1) is 23.5. The van der Waals surface area contributed by atoms with E-state index < -0.39 is 11.8 Å². The highest BCUT2D eigenvalue weighted by molar-refractivity contribution is 6.32. The number of fused-ring (bicyclic) bond motifs is 1. The maximum Gasteiger partial charge on any atom is 0.328 e. The van der Waals surface area contributed by atoms with Crippen molar-refractivity contribution < 1.29 is 14.3 Å². The number of rotatable bonds is 6. The third kappa shape index (κ3) is 4.53. The number of hydrogen-bond acceptors (Lipinski definition) is 2. The van der Waals surface area contributed by atoms with Gasteiger partial charge in [-0.05, 0) is 76.4 Å². The van der Waals surface area contributed by atoms with Crippen molar-refractivity contribution in [1.82, 2.24) is 10.2 Å². The van der Waals surface area contributed by atoms with E-state index in [2.05, 4.69) is 15.0 Å². The van der Waals surface area contributed by atoms with Crippen molar-refractivity contribution in [2.45, 2.75) is 19.3 Å². The van der Waals surface area contributed by atoms with Crippen molar-refractivity contribution in [3.8, 4) is 0 Å². The topological polar surface area (TPSA) is 70.3 Å². The quantitative estimate of drug-likeness (QED) is 0.162. The van der Waals surface area contributed by atoms with E-state index in [1.807, 2.05) is 42.5 Å². The number of carboxylic acid groups (broad SMARTS) is 1. The molecule has 0 unspecified atom stereocenters. The van der Waals surface area contributed by atoms with Gasteiger partial charge in [-0.25, -0.2) is 14.3 Å². The number of aliphatic carboxylic acids is 1. The molecule has 7 heteroatoms. The van der Waals surface area contributed by atoms with E-state index in [1.165, 1.54) is 12.1 Å². The number of benzene rings is 3. The van der Waals surface area contributed by atoms with Crippen LogP contribution in [-0.4, -0.2) is 21.3 Å². The van der Waals surface area contributed by atoms with Gasteiger partial charge in [0.25, 0.3) is 5.82 Å². The van der Waals surface area contributed by atoms with E-state index in [1.54, 1.807) is 12.1 Å². The highest BCUT2D eigenvalue weighted by atomic mass is 35.5. The van der Waals surface area contributed by atoms with Crippen LogP contribution in [0.15, 0.2) is 66.7 Å². The van der Waals surface area contributed by atoms with E-state index in [-0.39, 0.29) is 5.92 Å². The van der Waals surface area contributed by atoms with Crippen LogP contribution in [-0.2, 0) is 4.79 Å². The molecule has 3 aromatic carbocycles. The summed E-state index contributed by atoms with van der Waals surface area (Å²) in [5.41, 5.74) is 6.02. The molecule has 1 aliphatic rings. The molecule has 0 radical (unpaired) electrons. The third-order valence-corrected chi connectivity index (χ3v) is 6.87. The van der Waals surface area contributed by atoms with Crippen LogP contribution in [0.1, 0.15) is 41.5 Å². The van der Waals surface area contributed by atoms with Crippen molar-refractivity contribution in [2.24, 2.45) is 5.92 Å². The van der Waals surface area contributed by atoms with Gasteiger partial charge in [-0.2, -0.15) is 0 Å². The van der Waals surface area contributed by atoms with Gasteiger partial charge in [-0.1, -0.05) is 67.1 Å². The average Bonchev–Trinajstić information content (AvgIpc) is 3.24. The summed E-state index contributed by atoms with van der Waals surface area (Å²) in [6, 6.07) is 17.9. The zero-order valence-electron chi connectivity index (χ0n) is 19.1. The summed E-state index contributed by atoms with van der Waals surface area (Å²) in [6.45, 7) is 7.49. The Balaban J connectivity index is 1.78. The second-order valence-electron chi connectivity index (χ2n) is 8.75. The van der Waals surface area contributed by atoms with Crippen LogP contribution < -0.4 is 0 Å². The summed E-state index contributed by atoms with van der Waals surface area (Å²) in [5.74, 6) is -0.795. The summed E-state index contributed by atoms with van der Waals surface area (Å²) in [4.78, 5) is 14.5. The van der Waals surface area contributed by atoms with Gasteiger partial charge in [0.1, 0.15) is 11.3 Å². The second kappa shape index (κ2) is 9.80. The largest absolute Gasteiger partial charge is 0.478 e. The summed E-state index contributed by atoms with van der Waals surface area (Å²) >= 11 is 6.60. The predicted octanol–water partition coefficient (Wildman–Crippen LogP) is 7.76. The molecule has 0 amide bonds. The fraction of sp³-hybridized carbons (Fsp3) is 0.138. The first-order valence-electron chi connectivity index (χ1n) is 11.5. The molecule has 1 aromatic heterocycles. The Kier molecular flexibility index (Phi) is 6.41. The van der Waals surface area contributed by atoms with Crippen LogP contribution in [0.3, 0.4) is 0 Å². The van der Waals surface area contributed by atoms with Gasteiger partial charge in [-0.3, -0.25) is 0 Å². The highest BCUT2D eigenvalue weighted by Gasteiger charge is 2.29. The first-order valence-corrected chi connectivity index (χ1v) is 11.9. The molecule has 5 nitrogen and oxygen atoms in total. The van der Waals surface area contributed by atoms with Crippen molar-refractivity contribution >= 4 is 51.5 Å². The molecule has 0 bridgehead atoms. The third-order valence-electron chi connectivity index (χ3n) is 6.56.